The van der Waals surface area contributed by atoms with Gasteiger partial charge in [0.05, 0.1) is 5.36 Å². The van der Waals surface area contributed by atoms with Crippen LogP contribution in [0.15, 0.2) is 34.4 Å². The first kappa shape index (κ1) is 13.2. The summed E-state index contributed by atoms with van der Waals surface area (Å²) < 4.78 is 0. The number of nitrogens with one attached hydrogen (secondary N) is 1. The van der Waals surface area contributed by atoms with Gasteiger partial charge in [0.15, 0.2) is 5.17 Å². The van der Waals surface area contributed by atoms with Crippen LogP contribution in [-0.4, -0.2) is 28.0 Å². The third-order valence-corrected chi connectivity index (χ3v) is 3.98. The van der Waals surface area contributed by atoms with Crippen LogP contribution in [0.5, 0.6) is 0 Å². The van der Waals surface area contributed by atoms with E-state index in [-0.39, 0.29) is 12.1 Å². The number of rotatable bonds is 2. The van der Waals surface area contributed by atoms with Crippen molar-refractivity contribution in [3.8, 4) is 0 Å². The molecule has 1 atom stereocenters. The van der Waals surface area contributed by atoms with Crippen molar-refractivity contribution in [2.45, 2.75) is 26.4 Å². The lowest BCUT2D eigenvalue weighted by atomic mass is 10.1. The highest BCUT2D eigenvalue weighted by molar-refractivity contribution is 8.13. The van der Waals surface area contributed by atoms with Crippen molar-refractivity contribution >= 4 is 28.5 Å². The Morgan fingerprint density at radius 2 is 2.15 bits per heavy atom. The molecule has 6 heteroatoms. The van der Waals surface area contributed by atoms with E-state index in [1.807, 2.05) is 38.1 Å². The van der Waals surface area contributed by atoms with E-state index in [1.165, 1.54) is 11.8 Å². The number of para-hydroxylation sites is 1. The maximum atomic E-state index is 12.4. The lowest BCUT2D eigenvalue weighted by molar-refractivity contribution is -0.116. The van der Waals surface area contributed by atoms with Gasteiger partial charge in [0.1, 0.15) is 11.9 Å². The van der Waals surface area contributed by atoms with E-state index < -0.39 is 0 Å². The second-order valence-electron chi connectivity index (χ2n) is 4.52. The van der Waals surface area contributed by atoms with Crippen molar-refractivity contribution in [3.63, 3.8) is 0 Å². The largest absolute Gasteiger partial charge is 0.298 e. The Balaban J connectivity index is 2.21. The monoisotopic (exact) mass is 288 g/mol. The minimum Gasteiger partial charge on any atom is -0.298 e. The van der Waals surface area contributed by atoms with Gasteiger partial charge >= 0.3 is 0 Å². The number of amides is 1. The van der Waals surface area contributed by atoms with Gasteiger partial charge in [0, 0.05) is 5.22 Å². The van der Waals surface area contributed by atoms with Crippen molar-refractivity contribution in [1.29, 1.82) is 0 Å². The number of benzene rings is 1. The second kappa shape index (κ2) is 5.28. The fraction of sp³-hybridized carbons (Fsp3) is 0.357. The smallest absolute Gasteiger partial charge is 0.276 e. The molecule has 20 heavy (non-hydrogen) atoms. The minimum atomic E-state index is -0.113. The number of fused-ring (bicyclic) bond motifs is 2. The third-order valence-electron chi connectivity index (χ3n) is 3.24. The first-order chi connectivity index (χ1) is 9.74. The fourth-order valence-corrected chi connectivity index (χ4v) is 2.95. The van der Waals surface area contributed by atoms with Crippen LogP contribution in [0.2, 0.25) is 0 Å². The Labute approximate surface area is 121 Å². The molecule has 0 saturated heterocycles. The number of thioether (sulfide) groups is 1. The zero-order valence-electron chi connectivity index (χ0n) is 11.5. The third kappa shape index (κ3) is 2.10. The molecule has 0 radical (unpaired) electrons. The molecule has 0 fully saturated rings. The fourth-order valence-electron chi connectivity index (χ4n) is 2.36. The van der Waals surface area contributed by atoms with Crippen LogP contribution >= 0.6 is 11.8 Å². The molecule has 3 rings (SSSR count). The average molecular weight is 288 g/mol. The normalized spacial score (nSPS) is 20.6. The first-order valence-corrected chi connectivity index (χ1v) is 7.72. The van der Waals surface area contributed by atoms with Crippen LogP contribution in [-0.2, 0) is 4.79 Å². The lowest BCUT2D eigenvalue weighted by Gasteiger charge is -2.33. The van der Waals surface area contributed by atoms with Crippen molar-refractivity contribution in [2.24, 2.45) is 10.1 Å². The van der Waals surface area contributed by atoms with E-state index >= 15 is 0 Å². The number of nitrogens with zero attached hydrogens (tertiary/aromatic N) is 3. The van der Waals surface area contributed by atoms with Crippen molar-refractivity contribution in [3.05, 3.63) is 34.8 Å². The van der Waals surface area contributed by atoms with Crippen LogP contribution in [0, 0.1) is 0 Å². The summed E-state index contributed by atoms with van der Waals surface area (Å²) in [6.07, 6.45) is 0.692. The molecule has 0 bridgehead atoms. The van der Waals surface area contributed by atoms with Gasteiger partial charge in [-0.1, -0.05) is 43.8 Å². The molecule has 1 aromatic carbocycles. The van der Waals surface area contributed by atoms with E-state index in [2.05, 4.69) is 15.4 Å². The minimum absolute atomic E-state index is 0.100. The summed E-state index contributed by atoms with van der Waals surface area (Å²) in [6.45, 7) is 4.08. The molecule has 1 aromatic rings. The maximum absolute atomic E-state index is 12.4. The summed E-state index contributed by atoms with van der Waals surface area (Å²) in [4.78, 5) is 17.1. The summed E-state index contributed by atoms with van der Waals surface area (Å²) >= 11 is 1.53. The van der Waals surface area contributed by atoms with E-state index in [9.17, 15) is 4.79 Å². The van der Waals surface area contributed by atoms with Crippen molar-refractivity contribution in [1.82, 2.24) is 10.3 Å². The first-order valence-electron chi connectivity index (χ1n) is 6.73. The molecule has 2 heterocycles. The van der Waals surface area contributed by atoms with Crippen molar-refractivity contribution in [2.75, 3.05) is 5.75 Å². The molecule has 1 unspecified atom stereocenters. The average Bonchev–Trinajstić information content (AvgIpc) is 2.46. The number of hydrazone groups is 1. The molecule has 2 aliphatic rings. The van der Waals surface area contributed by atoms with Gasteiger partial charge in [-0.2, -0.15) is 0 Å². The van der Waals surface area contributed by atoms with Gasteiger partial charge < -0.3 is 0 Å². The summed E-state index contributed by atoms with van der Waals surface area (Å²) in [5.41, 5.74) is 0.600. The van der Waals surface area contributed by atoms with Gasteiger partial charge in [0.25, 0.3) is 5.91 Å². The highest BCUT2D eigenvalue weighted by atomic mass is 32.2. The van der Waals surface area contributed by atoms with Crippen LogP contribution in [0.25, 0.3) is 5.70 Å². The number of carbonyl (C=O) groups is 1. The zero-order chi connectivity index (χ0) is 14.1. The molecule has 0 aliphatic carbocycles. The number of hydrogen-bond acceptors (Lipinski definition) is 5. The Hall–Kier alpha value is -1.82. The molecule has 1 N–H and O–H groups in total. The van der Waals surface area contributed by atoms with Gasteiger partial charge in [0.2, 0.25) is 0 Å². The number of amidine groups is 1. The Bertz CT molecular complexity index is 697. The quantitative estimate of drug-likeness (QED) is 0.868. The molecular weight excluding hydrogens is 272 g/mol. The summed E-state index contributed by atoms with van der Waals surface area (Å²) in [6, 6.07) is 7.71. The Kier molecular flexibility index (Phi) is 3.48. The van der Waals surface area contributed by atoms with Crippen LogP contribution in [0.1, 0.15) is 20.3 Å². The predicted molar refractivity (Wildman–Crippen MR) is 80.3 cm³/mol. The maximum Gasteiger partial charge on any atom is 0.276 e. The molecule has 0 spiro atoms. The highest BCUT2D eigenvalue weighted by Crippen LogP contribution is 2.21. The standard InChI is InChI=1S/C14H16N4OS/c1-3-11-15-10-8-6-5-7-9(10)12-13(19)16-14(20-4-2)17-18(11)12/h5-8,11H,3-4H2,1-2H3,(H,16,17,19). The SMILES string of the molecule is CCSC1=NN2C(=c3ccccc3=NC2CC)C(=O)N1. The van der Waals surface area contributed by atoms with Gasteiger partial charge in [-0.25, -0.2) is 5.01 Å². The molecule has 1 amide bonds. The summed E-state index contributed by atoms with van der Waals surface area (Å²) in [5, 5.41) is 11.5. The Morgan fingerprint density at radius 1 is 1.35 bits per heavy atom. The molecule has 104 valence electrons. The van der Waals surface area contributed by atoms with Crippen LogP contribution < -0.4 is 15.9 Å². The molecular formula is C14H16N4OS. The molecule has 0 aromatic heterocycles. The predicted octanol–water partition coefficient (Wildman–Crippen LogP) is 0.620. The number of carbonyl (C=O) groups excluding carboxylic acids is 1. The molecule has 5 nitrogen and oxygen atoms in total. The van der Waals surface area contributed by atoms with E-state index in [0.717, 1.165) is 22.7 Å². The second-order valence-corrected chi connectivity index (χ2v) is 5.77. The van der Waals surface area contributed by atoms with E-state index in [1.54, 1.807) is 5.01 Å². The summed E-state index contributed by atoms with van der Waals surface area (Å²) in [7, 11) is 0. The van der Waals surface area contributed by atoms with Crippen LogP contribution in [0.3, 0.4) is 0 Å². The van der Waals surface area contributed by atoms with E-state index in [0.29, 0.717) is 10.9 Å². The van der Waals surface area contributed by atoms with Crippen molar-refractivity contribution < 1.29 is 4.79 Å². The van der Waals surface area contributed by atoms with E-state index in [4.69, 9.17) is 0 Å². The van der Waals surface area contributed by atoms with Crippen LogP contribution in [0.4, 0.5) is 0 Å². The zero-order valence-corrected chi connectivity index (χ0v) is 12.3. The lowest BCUT2D eigenvalue weighted by Crippen LogP contribution is -2.52. The Morgan fingerprint density at radius 3 is 2.90 bits per heavy atom. The van der Waals surface area contributed by atoms with Gasteiger partial charge in [-0.15, -0.1) is 5.10 Å². The topological polar surface area (TPSA) is 57.1 Å². The molecule has 0 saturated carbocycles. The highest BCUT2D eigenvalue weighted by Gasteiger charge is 2.32. The van der Waals surface area contributed by atoms with Gasteiger partial charge in [-0.05, 0) is 18.2 Å². The molecule has 2 aliphatic heterocycles. The summed E-state index contributed by atoms with van der Waals surface area (Å²) in [5.74, 6) is 0.768. The van der Waals surface area contributed by atoms with Gasteiger partial charge in [-0.3, -0.25) is 15.1 Å². The number of hydrogen-bond donors (Lipinski definition) is 1.